The Morgan fingerprint density at radius 2 is 1.70 bits per heavy atom. The minimum Gasteiger partial charge on any atom is -0.495 e. The average Bonchev–Trinajstić information content (AvgIpc) is 3.00. The number of nitrogens with zero attached hydrogens (tertiary/aromatic N) is 3. The zero-order valence-electron chi connectivity index (χ0n) is 18.5. The second-order valence-electron chi connectivity index (χ2n) is 8.28. The Bertz CT molecular complexity index is 1240. The predicted octanol–water partition coefficient (Wildman–Crippen LogP) is 1.51. The minimum atomic E-state index is -3.97. The van der Waals surface area contributed by atoms with Crippen molar-refractivity contribution in [3.8, 4) is 5.75 Å². The van der Waals surface area contributed by atoms with E-state index < -0.39 is 31.9 Å². The van der Waals surface area contributed by atoms with Gasteiger partial charge in [-0.2, -0.15) is 4.31 Å². The van der Waals surface area contributed by atoms with E-state index in [2.05, 4.69) is 4.90 Å². The molecule has 2 saturated heterocycles. The highest BCUT2D eigenvalue weighted by Gasteiger charge is 2.43. The number of hydrogen-bond acceptors (Lipinski definition) is 7. The van der Waals surface area contributed by atoms with Gasteiger partial charge < -0.3 is 4.74 Å². The SMILES string of the molecule is COc1ccc(N2C(=O)C(C)CS2(=O)=O)cc1S(=O)(=O)N1CCN(Cc2ccccc2)CC1. The van der Waals surface area contributed by atoms with Crippen LogP contribution in [-0.2, 0) is 31.4 Å². The third kappa shape index (κ3) is 4.63. The van der Waals surface area contributed by atoms with Crippen molar-refractivity contribution in [1.29, 1.82) is 0 Å². The number of rotatable bonds is 6. The Labute approximate surface area is 194 Å². The lowest BCUT2D eigenvalue weighted by atomic mass is 10.2. The molecule has 2 aliphatic rings. The van der Waals surface area contributed by atoms with E-state index in [9.17, 15) is 21.6 Å². The topological polar surface area (TPSA) is 104 Å². The van der Waals surface area contributed by atoms with Gasteiger partial charge in [0.1, 0.15) is 10.6 Å². The van der Waals surface area contributed by atoms with Crippen LogP contribution in [0.5, 0.6) is 5.75 Å². The molecule has 1 atom stereocenters. The van der Waals surface area contributed by atoms with Gasteiger partial charge in [0, 0.05) is 32.7 Å². The van der Waals surface area contributed by atoms with Crippen LogP contribution in [0.4, 0.5) is 5.69 Å². The molecule has 0 radical (unpaired) electrons. The zero-order valence-corrected chi connectivity index (χ0v) is 20.2. The van der Waals surface area contributed by atoms with Crippen molar-refractivity contribution >= 4 is 31.6 Å². The van der Waals surface area contributed by atoms with Crippen LogP contribution in [0.1, 0.15) is 12.5 Å². The van der Waals surface area contributed by atoms with E-state index in [1.807, 2.05) is 30.3 Å². The summed E-state index contributed by atoms with van der Waals surface area (Å²) in [6.07, 6.45) is 0. The first-order valence-corrected chi connectivity index (χ1v) is 13.7. The minimum absolute atomic E-state index is 0.00596. The zero-order chi connectivity index (χ0) is 23.8. The van der Waals surface area contributed by atoms with Crippen molar-refractivity contribution in [3.05, 3.63) is 54.1 Å². The summed E-state index contributed by atoms with van der Waals surface area (Å²) in [5.74, 6) is -1.46. The molecule has 4 rings (SSSR count). The van der Waals surface area contributed by atoms with Crippen LogP contribution in [0.25, 0.3) is 0 Å². The maximum Gasteiger partial charge on any atom is 0.246 e. The van der Waals surface area contributed by atoms with Crippen LogP contribution in [0.15, 0.2) is 53.4 Å². The number of piperazine rings is 1. The maximum atomic E-state index is 13.5. The largest absolute Gasteiger partial charge is 0.495 e. The third-order valence-electron chi connectivity index (χ3n) is 5.94. The molecule has 0 N–H and O–H groups in total. The third-order valence-corrected chi connectivity index (χ3v) is 9.73. The summed E-state index contributed by atoms with van der Waals surface area (Å²) >= 11 is 0. The van der Waals surface area contributed by atoms with Crippen LogP contribution < -0.4 is 9.04 Å². The normalized spacial score (nSPS) is 21.9. The first kappa shape index (κ1) is 23.7. The Balaban J connectivity index is 1.58. The summed E-state index contributed by atoms with van der Waals surface area (Å²) in [4.78, 5) is 14.5. The average molecular weight is 494 g/mol. The number of anilines is 1. The maximum absolute atomic E-state index is 13.5. The molecule has 178 valence electrons. The van der Waals surface area contributed by atoms with Crippen molar-refractivity contribution in [2.45, 2.75) is 18.4 Å². The van der Waals surface area contributed by atoms with Crippen LogP contribution in [0.3, 0.4) is 0 Å². The summed E-state index contributed by atoms with van der Waals surface area (Å²) < 4.78 is 59.3. The first-order valence-electron chi connectivity index (χ1n) is 10.6. The van der Waals surface area contributed by atoms with E-state index in [-0.39, 0.29) is 22.1 Å². The molecule has 9 nitrogen and oxygen atoms in total. The molecule has 0 bridgehead atoms. The quantitative estimate of drug-likeness (QED) is 0.601. The summed E-state index contributed by atoms with van der Waals surface area (Å²) in [6.45, 7) is 3.98. The molecular weight excluding hydrogens is 466 g/mol. The monoisotopic (exact) mass is 493 g/mol. The van der Waals surface area contributed by atoms with Crippen LogP contribution in [0, 0.1) is 5.92 Å². The highest BCUT2D eigenvalue weighted by Crippen LogP contribution is 2.35. The number of amides is 1. The van der Waals surface area contributed by atoms with Gasteiger partial charge in [-0.3, -0.25) is 9.69 Å². The molecule has 2 aromatic rings. The number of methoxy groups -OCH3 is 1. The van der Waals surface area contributed by atoms with E-state index in [1.54, 1.807) is 0 Å². The van der Waals surface area contributed by atoms with E-state index >= 15 is 0 Å². The van der Waals surface area contributed by atoms with Gasteiger partial charge >= 0.3 is 0 Å². The summed E-state index contributed by atoms with van der Waals surface area (Å²) in [7, 11) is -6.47. The Hall–Kier alpha value is -2.47. The molecule has 11 heteroatoms. The van der Waals surface area contributed by atoms with Gasteiger partial charge in [0.05, 0.1) is 24.5 Å². The first-order chi connectivity index (χ1) is 15.6. The van der Waals surface area contributed by atoms with Gasteiger partial charge in [0.15, 0.2) is 0 Å². The lowest BCUT2D eigenvalue weighted by molar-refractivity contribution is -0.119. The van der Waals surface area contributed by atoms with E-state index in [4.69, 9.17) is 4.74 Å². The molecule has 0 spiro atoms. The van der Waals surface area contributed by atoms with Crippen LogP contribution >= 0.6 is 0 Å². The highest BCUT2D eigenvalue weighted by atomic mass is 32.2. The lowest BCUT2D eigenvalue weighted by Crippen LogP contribution is -2.48. The van der Waals surface area contributed by atoms with Crippen molar-refractivity contribution in [1.82, 2.24) is 9.21 Å². The van der Waals surface area contributed by atoms with Gasteiger partial charge in [-0.25, -0.2) is 21.1 Å². The molecular formula is C22H27N3O6S2. The summed E-state index contributed by atoms with van der Waals surface area (Å²) in [6, 6.07) is 14.0. The van der Waals surface area contributed by atoms with E-state index in [0.29, 0.717) is 30.5 Å². The highest BCUT2D eigenvalue weighted by molar-refractivity contribution is 7.94. The fourth-order valence-electron chi connectivity index (χ4n) is 4.19. The van der Waals surface area contributed by atoms with Crippen molar-refractivity contribution in [2.24, 2.45) is 5.92 Å². The molecule has 2 heterocycles. The molecule has 2 aliphatic heterocycles. The number of carbonyl (C=O) groups excluding carboxylic acids is 1. The number of ether oxygens (including phenoxy) is 1. The predicted molar refractivity (Wildman–Crippen MR) is 124 cm³/mol. The van der Waals surface area contributed by atoms with Crippen LogP contribution in [0.2, 0.25) is 0 Å². The van der Waals surface area contributed by atoms with Gasteiger partial charge in [-0.1, -0.05) is 37.3 Å². The lowest BCUT2D eigenvalue weighted by Gasteiger charge is -2.34. The summed E-state index contributed by atoms with van der Waals surface area (Å²) in [5, 5.41) is 0. The van der Waals surface area contributed by atoms with Gasteiger partial charge in [0.25, 0.3) is 0 Å². The van der Waals surface area contributed by atoms with E-state index in [0.717, 1.165) is 12.1 Å². The number of carbonyl (C=O) groups is 1. The molecule has 2 fully saturated rings. The van der Waals surface area contributed by atoms with Gasteiger partial charge in [0.2, 0.25) is 26.0 Å². The second kappa shape index (κ2) is 9.05. The van der Waals surface area contributed by atoms with Crippen LogP contribution in [-0.4, -0.2) is 71.0 Å². The molecule has 1 amide bonds. The van der Waals surface area contributed by atoms with Crippen molar-refractivity contribution < 1.29 is 26.4 Å². The smallest absolute Gasteiger partial charge is 0.246 e. The standard InChI is InChI=1S/C22H27N3O6S2/c1-17-16-32(27,28)25(22(17)26)19-8-9-20(31-2)21(14-19)33(29,30)24-12-10-23(11-13-24)15-18-6-4-3-5-7-18/h3-9,14,17H,10-13,15-16H2,1-2H3. The molecule has 0 aromatic heterocycles. The fraction of sp³-hybridized carbons (Fsp3) is 0.409. The second-order valence-corrected chi connectivity index (χ2v) is 12.1. The summed E-state index contributed by atoms with van der Waals surface area (Å²) in [5.41, 5.74) is 1.17. The Morgan fingerprint density at radius 3 is 2.27 bits per heavy atom. The fourth-order valence-corrected chi connectivity index (χ4v) is 7.60. The van der Waals surface area contributed by atoms with Crippen molar-refractivity contribution in [2.75, 3.05) is 43.3 Å². The number of benzene rings is 2. The Kier molecular flexibility index (Phi) is 6.50. The molecule has 0 saturated carbocycles. The molecule has 2 aromatic carbocycles. The van der Waals surface area contributed by atoms with Gasteiger partial charge in [-0.15, -0.1) is 0 Å². The molecule has 0 aliphatic carbocycles. The number of sulfonamides is 2. The Morgan fingerprint density at radius 1 is 1.03 bits per heavy atom. The molecule has 1 unspecified atom stereocenters. The van der Waals surface area contributed by atoms with E-state index in [1.165, 1.54) is 36.5 Å². The number of hydrogen-bond donors (Lipinski definition) is 0. The van der Waals surface area contributed by atoms with Crippen molar-refractivity contribution in [3.63, 3.8) is 0 Å². The molecule has 33 heavy (non-hydrogen) atoms. The van der Waals surface area contributed by atoms with Gasteiger partial charge in [-0.05, 0) is 23.8 Å².